The average Bonchev–Trinajstić information content (AvgIpc) is 2.46. The lowest BCUT2D eigenvalue weighted by Crippen LogP contribution is -2.28. The van der Waals surface area contributed by atoms with Gasteiger partial charge in [0.05, 0.1) is 0 Å². The SMILES string of the molecule is CNC(CN(C)C)c1ccc(-c2ccccc2)cc1. The first-order valence-corrected chi connectivity index (χ1v) is 6.68. The molecule has 0 fully saturated rings. The Hall–Kier alpha value is -1.64. The summed E-state index contributed by atoms with van der Waals surface area (Å²) in [6.07, 6.45) is 0. The molecular formula is C17H22N2. The number of rotatable bonds is 5. The maximum absolute atomic E-state index is 3.37. The summed E-state index contributed by atoms with van der Waals surface area (Å²) in [4.78, 5) is 2.20. The maximum Gasteiger partial charge on any atom is 0.0446 e. The van der Waals surface area contributed by atoms with Crippen LogP contribution < -0.4 is 5.32 Å². The molecule has 1 N–H and O–H groups in total. The van der Waals surface area contributed by atoms with Crippen molar-refractivity contribution in [3.05, 3.63) is 60.2 Å². The zero-order chi connectivity index (χ0) is 13.7. The van der Waals surface area contributed by atoms with Crippen molar-refractivity contribution >= 4 is 0 Å². The van der Waals surface area contributed by atoms with Gasteiger partial charge in [-0.05, 0) is 37.8 Å². The molecule has 2 aromatic carbocycles. The number of likely N-dealkylation sites (N-methyl/N-ethyl adjacent to an activating group) is 2. The normalized spacial score (nSPS) is 12.6. The Morgan fingerprint density at radius 3 is 2.00 bits per heavy atom. The second kappa shape index (κ2) is 6.50. The van der Waals surface area contributed by atoms with E-state index >= 15 is 0 Å². The van der Waals surface area contributed by atoms with Gasteiger partial charge in [-0.2, -0.15) is 0 Å². The minimum atomic E-state index is 0.375. The molecule has 100 valence electrons. The molecule has 1 atom stereocenters. The maximum atomic E-state index is 3.37. The topological polar surface area (TPSA) is 15.3 Å². The van der Waals surface area contributed by atoms with Crippen molar-refractivity contribution in [2.75, 3.05) is 27.7 Å². The summed E-state index contributed by atoms with van der Waals surface area (Å²) in [7, 11) is 6.21. The van der Waals surface area contributed by atoms with Crippen LogP contribution in [-0.2, 0) is 0 Å². The van der Waals surface area contributed by atoms with Gasteiger partial charge in [0, 0.05) is 12.6 Å². The first-order valence-electron chi connectivity index (χ1n) is 6.68. The highest BCUT2D eigenvalue weighted by molar-refractivity contribution is 5.63. The number of nitrogens with zero attached hydrogens (tertiary/aromatic N) is 1. The van der Waals surface area contributed by atoms with Crippen LogP contribution in [0.2, 0.25) is 0 Å². The molecule has 1 unspecified atom stereocenters. The predicted octanol–water partition coefficient (Wildman–Crippen LogP) is 3.18. The van der Waals surface area contributed by atoms with Gasteiger partial charge in [0.2, 0.25) is 0 Å². The van der Waals surface area contributed by atoms with Crippen LogP contribution in [-0.4, -0.2) is 32.6 Å². The summed E-state index contributed by atoms with van der Waals surface area (Å²) in [6.45, 7) is 1.00. The van der Waals surface area contributed by atoms with Crippen LogP contribution in [0.25, 0.3) is 11.1 Å². The van der Waals surface area contributed by atoms with E-state index in [1.165, 1.54) is 16.7 Å². The molecular weight excluding hydrogens is 232 g/mol. The third kappa shape index (κ3) is 3.66. The molecule has 0 spiro atoms. The fourth-order valence-electron chi connectivity index (χ4n) is 2.27. The summed E-state index contributed by atoms with van der Waals surface area (Å²) >= 11 is 0. The lowest BCUT2D eigenvalue weighted by Gasteiger charge is -2.21. The highest BCUT2D eigenvalue weighted by Crippen LogP contribution is 2.21. The highest BCUT2D eigenvalue weighted by atomic mass is 15.1. The van der Waals surface area contributed by atoms with Gasteiger partial charge in [0.15, 0.2) is 0 Å². The first kappa shape index (κ1) is 13.8. The first-order chi connectivity index (χ1) is 9.20. The van der Waals surface area contributed by atoms with Gasteiger partial charge in [-0.3, -0.25) is 0 Å². The van der Waals surface area contributed by atoms with Gasteiger partial charge in [0.1, 0.15) is 0 Å². The van der Waals surface area contributed by atoms with E-state index in [4.69, 9.17) is 0 Å². The van der Waals surface area contributed by atoms with Crippen LogP contribution in [0, 0.1) is 0 Å². The second-order valence-corrected chi connectivity index (χ2v) is 5.09. The molecule has 0 amide bonds. The molecule has 0 aliphatic rings. The van der Waals surface area contributed by atoms with Crippen LogP contribution in [0.5, 0.6) is 0 Å². The second-order valence-electron chi connectivity index (χ2n) is 5.09. The van der Waals surface area contributed by atoms with E-state index in [1.54, 1.807) is 0 Å². The Balaban J connectivity index is 2.18. The smallest absolute Gasteiger partial charge is 0.0446 e. The molecule has 0 aliphatic carbocycles. The molecule has 2 nitrogen and oxygen atoms in total. The fourth-order valence-corrected chi connectivity index (χ4v) is 2.27. The third-order valence-electron chi connectivity index (χ3n) is 3.32. The van der Waals surface area contributed by atoms with Gasteiger partial charge >= 0.3 is 0 Å². The molecule has 0 aliphatic heterocycles. The minimum absolute atomic E-state index is 0.375. The van der Waals surface area contributed by atoms with Gasteiger partial charge in [-0.15, -0.1) is 0 Å². The van der Waals surface area contributed by atoms with Crippen molar-refractivity contribution in [1.29, 1.82) is 0 Å². The number of benzene rings is 2. The zero-order valence-electron chi connectivity index (χ0n) is 11.9. The average molecular weight is 254 g/mol. The van der Waals surface area contributed by atoms with Gasteiger partial charge < -0.3 is 10.2 Å². The zero-order valence-corrected chi connectivity index (χ0v) is 11.9. The van der Waals surface area contributed by atoms with E-state index in [1.807, 2.05) is 13.1 Å². The van der Waals surface area contributed by atoms with E-state index in [9.17, 15) is 0 Å². The molecule has 0 radical (unpaired) electrons. The summed E-state index contributed by atoms with van der Waals surface area (Å²) in [6, 6.07) is 19.7. The Morgan fingerprint density at radius 1 is 0.895 bits per heavy atom. The molecule has 2 aromatic rings. The molecule has 19 heavy (non-hydrogen) atoms. The van der Waals surface area contributed by atoms with Crippen molar-refractivity contribution in [3.8, 4) is 11.1 Å². The molecule has 0 saturated heterocycles. The predicted molar refractivity (Wildman–Crippen MR) is 82.2 cm³/mol. The van der Waals surface area contributed by atoms with Gasteiger partial charge in [0.25, 0.3) is 0 Å². The van der Waals surface area contributed by atoms with Crippen molar-refractivity contribution in [1.82, 2.24) is 10.2 Å². The summed E-state index contributed by atoms with van der Waals surface area (Å²) in [5, 5.41) is 3.37. The van der Waals surface area contributed by atoms with Crippen molar-refractivity contribution < 1.29 is 0 Å². The Bertz CT molecular complexity index is 488. The standard InChI is InChI=1S/C17H22N2/c1-18-17(13-19(2)3)16-11-9-15(10-12-16)14-7-5-4-6-8-14/h4-12,17-18H,13H2,1-3H3. The van der Waals surface area contributed by atoms with E-state index in [-0.39, 0.29) is 0 Å². The van der Waals surface area contributed by atoms with Gasteiger partial charge in [-0.1, -0.05) is 54.6 Å². The Labute approximate surface area is 116 Å². The summed E-state index contributed by atoms with van der Waals surface area (Å²) < 4.78 is 0. The number of hydrogen-bond donors (Lipinski definition) is 1. The van der Waals surface area contributed by atoms with E-state index in [0.717, 1.165) is 6.54 Å². The van der Waals surface area contributed by atoms with E-state index in [0.29, 0.717) is 6.04 Å². The number of nitrogens with one attached hydrogen (secondary N) is 1. The molecule has 0 saturated carbocycles. The molecule has 0 aromatic heterocycles. The van der Waals surface area contributed by atoms with Crippen LogP contribution in [0.15, 0.2) is 54.6 Å². The van der Waals surface area contributed by atoms with E-state index < -0.39 is 0 Å². The molecule has 0 heterocycles. The highest BCUT2D eigenvalue weighted by Gasteiger charge is 2.10. The van der Waals surface area contributed by atoms with Crippen LogP contribution in [0.4, 0.5) is 0 Å². The Morgan fingerprint density at radius 2 is 1.47 bits per heavy atom. The van der Waals surface area contributed by atoms with Crippen molar-refractivity contribution in [3.63, 3.8) is 0 Å². The molecule has 2 heteroatoms. The quantitative estimate of drug-likeness (QED) is 0.881. The van der Waals surface area contributed by atoms with Crippen LogP contribution in [0.3, 0.4) is 0 Å². The summed E-state index contributed by atoms with van der Waals surface area (Å²) in [5.74, 6) is 0. The van der Waals surface area contributed by atoms with Gasteiger partial charge in [-0.25, -0.2) is 0 Å². The summed E-state index contributed by atoms with van der Waals surface area (Å²) in [5.41, 5.74) is 3.86. The van der Waals surface area contributed by atoms with Crippen LogP contribution in [0.1, 0.15) is 11.6 Å². The van der Waals surface area contributed by atoms with Crippen LogP contribution >= 0.6 is 0 Å². The Kier molecular flexibility index (Phi) is 4.72. The largest absolute Gasteiger partial charge is 0.312 e. The van der Waals surface area contributed by atoms with Crippen molar-refractivity contribution in [2.45, 2.75) is 6.04 Å². The molecule has 0 bridgehead atoms. The monoisotopic (exact) mass is 254 g/mol. The number of hydrogen-bond acceptors (Lipinski definition) is 2. The lowest BCUT2D eigenvalue weighted by atomic mass is 10.0. The minimum Gasteiger partial charge on any atom is -0.312 e. The lowest BCUT2D eigenvalue weighted by molar-refractivity contribution is 0.353. The van der Waals surface area contributed by atoms with Crippen molar-refractivity contribution in [2.24, 2.45) is 0 Å². The van der Waals surface area contributed by atoms with E-state index in [2.05, 4.69) is 72.8 Å². The fraction of sp³-hybridized carbons (Fsp3) is 0.294. The molecule has 2 rings (SSSR count). The third-order valence-corrected chi connectivity index (χ3v) is 3.32.